The van der Waals surface area contributed by atoms with Crippen molar-refractivity contribution in [2.75, 3.05) is 0 Å². The second-order valence-corrected chi connectivity index (χ2v) is 4.85. The minimum atomic E-state index is -1.06. The van der Waals surface area contributed by atoms with Crippen molar-refractivity contribution >= 4 is 22.8 Å². The van der Waals surface area contributed by atoms with Gasteiger partial charge in [0.15, 0.2) is 0 Å². The first-order chi connectivity index (χ1) is 10.6. The fourth-order valence-electron chi connectivity index (χ4n) is 2.19. The van der Waals surface area contributed by atoms with Gasteiger partial charge in [-0.3, -0.25) is 4.79 Å². The van der Waals surface area contributed by atoms with Crippen molar-refractivity contribution in [3.05, 3.63) is 60.3 Å². The van der Waals surface area contributed by atoms with Gasteiger partial charge in [0.1, 0.15) is 6.04 Å². The van der Waals surface area contributed by atoms with Crippen LogP contribution in [0.5, 0.6) is 0 Å². The summed E-state index contributed by atoms with van der Waals surface area (Å²) in [7, 11) is 0. The average molecular weight is 298 g/mol. The van der Waals surface area contributed by atoms with E-state index in [2.05, 4.69) is 10.3 Å². The molecule has 114 valence electrons. The number of aliphatic carboxylic acids is 1. The Morgan fingerprint density at radius 2 is 2.09 bits per heavy atom. The van der Waals surface area contributed by atoms with Crippen LogP contribution in [0.1, 0.15) is 12.5 Å². The van der Waals surface area contributed by atoms with E-state index in [4.69, 9.17) is 0 Å². The summed E-state index contributed by atoms with van der Waals surface area (Å²) in [6, 6.07) is 6.68. The first kappa shape index (κ1) is 15.6. The molecule has 2 aromatic rings. The van der Waals surface area contributed by atoms with E-state index in [1.54, 1.807) is 24.4 Å². The lowest BCUT2D eigenvalue weighted by Crippen LogP contribution is -2.41. The molecule has 0 fully saturated rings. The summed E-state index contributed by atoms with van der Waals surface area (Å²) in [4.78, 5) is 26.2. The van der Waals surface area contributed by atoms with Gasteiger partial charge >= 0.3 is 5.97 Å². The van der Waals surface area contributed by atoms with Crippen LogP contribution in [0.3, 0.4) is 0 Å². The number of fused-ring (bicyclic) bond motifs is 1. The zero-order valence-electron chi connectivity index (χ0n) is 12.2. The van der Waals surface area contributed by atoms with Crippen LogP contribution in [0.25, 0.3) is 10.9 Å². The highest BCUT2D eigenvalue weighted by atomic mass is 16.4. The van der Waals surface area contributed by atoms with E-state index >= 15 is 0 Å². The Morgan fingerprint density at radius 3 is 2.82 bits per heavy atom. The Labute approximate surface area is 128 Å². The molecule has 0 saturated carbocycles. The van der Waals surface area contributed by atoms with Gasteiger partial charge in [-0.15, -0.1) is 0 Å². The van der Waals surface area contributed by atoms with Crippen LogP contribution in [-0.4, -0.2) is 28.0 Å². The molecular formula is C17H18N2O3. The average Bonchev–Trinajstić information content (AvgIpc) is 2.90. The number of aromatic nitrogens is 1. The minimum Gasteiger partial charge on any atom is -0.480 e. The maximum atomic E-state index is 11.7. The number of carboxylic acids is 1. The normalized spacial score (nSPS) is 13.0. The number of para-hydroxylation sites is 1. The number of benzene rings is 1. The molecular weight excluding hydrogens is 280 g/mol. The third kappa shape index (κ3) is 3.85. The number of amides is 1. The molecule has 1 atom stereocenters. The van der Waals surface area contributed by atoms with E-state index in [1.807, 2.05) is 31.2 Å². The van der Waals surface area contributed by atoms with Crippen LogP contribution in [0.15, 0.2) is 54.8 Å². The Kier molecular flexibility index (Phi) is 5.14. The summed E-state index contributed by atoms with van der Waals surface area (Å²) < 4.78 is 0. The number of aromatic amines is 1. The second kappa shape index (κ2) is 7.26. The van der Waals surface area contributed by atoms with Crippen molar-refractivity contribution in [3.8, 4) is 0 Å². The van der Waals surface area contributed by atoms with E-state index < -0.39 is 17.9 Å². The van der Waals surface area contributed by atoms with Crippen LogP contribution in [0.4, 0.5) is 0 Å². The molecule has 5 heteroatoms. The Morgan fingerprint density at radius 1 is 1.32 bits per heavy atom. The van der Waals surface area contributed by atoms with Crippen LogP contribution < -0.4 is 5.32 Å². The van der Waals surface area contributed by atoms with Crippen LogP contribution in [0, 0.1) is 0 Å². The molecule has 22 heavy (non-hydrogen) atoms. The van der Waals surface area contributed by atoms with Gasteiger partial charge in [-0.05, 0) is 18.6 Å². The topological polar surface area (TPSA) is 82.2 Å². The number of allylic oxidation sites excluding steroid dienone is 3. The molecule has 5 nitrogen and oxygen atoms in total. The highest BCUT2D eigenvalue weighted by Crippen LogP contribution is 2.19. The fourth-order valence-corrected chi connectivity index (χ4v) is 2.19. The van der Waals surface area contributed by atoms with Crippen molar-refractivity contribution < 1.29 is 14.7 Å². The largest absolute Gasteiger partial charge is 0.480 e. The van der Waals surface area contributed by atoms with Crippen molar-refractivity contribution in [2.24, 2.45) is 0 Å². The fraction of sp³-hybridized carbons (Fsp3) is 0.176. The zero-order valence-corrected chi connectivity index (χ0v) is 12.2. The summed E-state index contributed by atoms with van der Waals surface area (Å²) >= 11 is 0. The Bertz CT molecular complexity index is 728. The molecule has 0 unspecified atom stereocenters. The quantitative estimate of drug-likeness (QED) is 0.566. The van der Waals surface area contributed by atoms with Crippen molar-refractivity contribution in [2.45, 2.75) is 19.4 Å². The first-order valence-electron chi connectivity index (χ1n) is 6.99. The second-order valence-electron chi connectivity index (χ2n) is 4.85. The van der Waals surface area contributed by atoms with E-state index in [-0.39, 0.29) is 6.42 Å². The van der Waals surface area contributed by atoms with Crippen molar-refractivity contribution in [1.82, 2.24) is 10.3 Å². The molecule has 1 aromatic carbocycles. The molecule has 1 amide bonds. The van der Waals surface area contributed by atoms with Gasteiger partial charge in [0, 0.05) is 29.6 Å². The first-order valence-corrected chi connectivity index (χ1v) is 6.99. The number of carboxylic acid groups (broad SMARTS) is 1. The van der Waals surface area contributed by atoms with Crippen molar-refractivity contribution in [3.63, 3.8) is 0 Å². The summed E-state index contributed by atoms with van der Waals surface area (Å²) in [6.45, 7) is 1.83. The van der Waals surface area contributed by atoms with Crippen molar-refractivity contribution in [1.29, 1.82) is 0 Å². The standard InChI is InChI=1S/C17H18N2O3/c1-2-3-4-9-16(20)19-15(17(21)22)10-12-11-18-14-8-6-5-7-13(12)14/h2-9,11,15,18H,10H2,1H3,(H,19,20)(H,21,22)/b3-2+,9-4+/t15-/m0/s1. The number of rotatable bonds is 6. The molecule has 2 rings (SSSR count). The molecule has 0 aliphatic rings. The smallest absolute Gasteiger partial charge is 0.326 e. The molecule has 0 bridgehead atoms. The third-order valence-electron chi connectivity index (χ3n) is 3.26. The van der Waals surface area contributed by atoms with Gasteiger partial charge in [-0.25, -0.2) is 4.79 Å². The number of carbonyl (C=O) groups excluding carboxylic acids is 1. The summed E-state index contributed by atoms with van der Waals surface area (Å²) in [5.41, 5.74) is 1.81. The predicted molar refractivity (Wildman–Crippen MR) is 85.5 cm³/mol. The molecule has 0 saturated heterocycles. The van der Waals surface area contributed by atoms with E-state index in [1.165, 1.54) is 6.08 Å². The summed E-state index contributed by atoms with van der Waals surface area (Å²) in [5.74, 6) is -1.48. The lowest BCUT2D eigenvalue weighted by Gasteiger charge is -2.12. The lowest BCUT2D eigenvalue weighted by atomic mass is 10.0. The summed E-state index contributed by atoms with van der Waals surface area (Å²) in [5, 5.41) is 12.8. The number of H-pyrrole nitrogens is 1. The maximum Gasteiger partial charge on any atom is 0.326 e. The number of hydrogen-bond donors (Lipinski definition) is 3. The zero-order chi connectivity index (χ0) is 15.9. The molecule has 0 radical (unpaired) electrons. The summed E-state index contributed by atoms with van der Waals surface area (Å²) in [6.07, 6.45) is 8.37. The maximum absolute atomic E-state index is 11.7. The molecule has 3 N–H and O–H groups in total. The highest BCUT2D eigenvalue weighted by Gasteiger charge is 2.20. The molecule has 0 aliphatic carbocycles. The monoisotopic (exact) mass is 298 g/mol. The SMILES string of the molecule is C/C=C/C=C/C(=O)N[C@@H](Cc1c[nH]c2ccccc12)C(=O)O. The number of hydrogen-bond acceptors (Lipinski definition) is 2. The van der Waals surface area contributed by atoms with Gasteiger partial charge in [-0.2, -0.15) is 0 Å². The van der Waals surface area contributed by atoms with E-state index in [0.29, 0.717) is 0 Å². The highest BCUT2D eigenvalue weighted by molar-refractivity contribution is 5.92. The van der Waals surface area contributed by atoms with Crippen LogP contribution >= 0.6 is 0 Å². The third-order valence-corrected chi connectivity index (χ3v) is 3.26. The van der Waals surface area contributed by atoms with Gasteiger partial charge in [0.25, 0.3) is 0 Å². The van der Waals surface area contributed by atoms with Crippen LogP contribution in [0.2, 0.25) is 0 Å². The molecule has 0 spiro atoms. The van der Waals surface area contributed by atoms with Gasteiger partial charge in [-0.1, -0.05) is 36.4 Å². The van der Waals surface area contributed by atoms with Gasteiger partial charge in [0.2, 0.25) is 5.91 Å². The van der Waals surface area contributed by atoms with Gasteiger partial charge < -0.3 is 15.4 Å². The Balaban J connectivity index is 2.12. The number of nitrogens with one attached hydrogen (secondary N) is 2. The van der Waals surface area contributed by atoms with E-state index in [9.17, 15) is 14.7 Å². The number of carbonyl (C=O) groups is 2. The molecule has 0 aliphatic heterocycles. The molecule has 1 heterocycles. The van der Waals surface area contributed by atoms with Crippen LogP contribution in [-0.2, 0) is 16.0 Å². The lowest BCUT2D eigenvalue weighted by molar-refractivity contribution is -0.141. The van der Waals surface area contributed by atoms with Gasteiger partial charge in [0.05, 0.1) is 0 Å². The predicted octanol–water partition coefficient (Wildman–Crippen LogP) is 2.41. The minimum absolute atomic E-state index is 0.225. The molecule has 1 aromatic heterocycles. The Hall–Kier alpha value is -2.82. The van der Waals surface area contributed by atoms with E-state index in [0.717, 1.165) is 16.5 Å².